The third-order valence-electron chi connectivity index (χ3n) is 3.46. The van der Waals surface area contributed by atoms with Crippen LogP contribution in [0.1, 0.15) is 19.3 Å². The number of nitrogens with one attached hydrogen (secondary N) is 1. The Balaban J connectivity index is 1.81. The van der Waals surface area contributed by atoms with E-state index in [1.807, 2.05) is 9.80 Å². The molecule has 0 bridgehead atoms. The van der Waals surface area contributed by atoms with Crippen LogP contribution in [0.3, 0.4) is 0 Å². The van der Waals surface area contributed by atoms with E-state index in [0.717, 1.165) is 44.4 Å². The Hall–Kier alpha value is -0.780. The van der Waals surface area contributed by atoms with Gasteiger partial charge in [-0.1, -0.05) is 15.9 Å². The van der Waals surface area contributed by atoms with Crippen LogP contribution in [0.25, 0.3) is 0 Å². The molecule has 17 heavy (non-hydrogen) atoms. The van der Waals surface area contributed by atoms with E-state index in [0.29, 0.717) is 12.5 Å². The monoisotopic (exact) mass is 303 g/mol. The van der Waals surface area contributed by atoms with Crippen LogP contribution in [-0.4, -0.2) is 59.3 Å². The van der Waals surface area contributed by atoms with Gasteiger partial charge in [0.25, 0.3) is 0 Å². The molecule has 5 nitrogen and oxygen atoms in total. The highest BCUT2D eigenvalue weighted by Gasteiger charge is 2.31. The first-order chi connectivity index (χ1) is 8.22. The molecule has 0 atom stereocenters. The Morgan fingerprint density at radius 3 is 2.59 bits per heavy atom. The van der Waals surface area contributed by atoms with E-state index in [4.69, 9.17) is 0 Å². The number of rotatable bonds is 3. The van der Waals surface area contributed by atoms with Crippen LogP contribution < -0.4 is 5.32 Å². The molecular formula is C11H18BrN3O2. The number of carbonyl (C=O) groups is 2. The highest BCUT2D eigenvalue weighted by molar-refractivity contribution is 9.09. The normalized spacial score (nSPS) is 21.8. The van der Waals surface area contributed by atoms with Crippen molar-refractivity contribution in [2.24, 2.45) is 0 Å². The van der Waals surface area contributed by atoms with Crippen LogP contribution in [0.15, 0.2) is 0 Å². The molecule has 6 heteroatoms. The average Bonchev–Trinajstić information content (AvgIpc) is 2.76. The second-order valence-corrected chi connectivity index (χ2v) is 5.27. The summed E-state index contributed by atoms with van der Waals surface area (Å²) in [7, 11) is 0. The number of nitrogens with zero attached hydrogens (tertiary/aromatic N) is 2. The van der Waals surface area contributed by atoms with Crippen molar-refractivity contribution in [3.8, 4) is 0 Å². The van der Waals surface area contributed by atoms with Gasteiger partial charge in [-0.3, -0.25) is 4.79 Å². The summed E-state index contributed by atoms with van der Waals surface area (Å²) in [5.74, 6) is 0.214. The van der Waals surface area contributed by atoms with Crippen molar-refractivity contribution in [3.05, 3.63) is 0 Å². The molecule has 2 aliphatic rings. The van der Waals surface area contributed by atoms with E-state index < -0.39 is 0 Å². The van der Waals surface area contributed by atoms with Gasteiger partial charge >= 0.3 is 6.03 Å². The summed E-state index contributed by atoms with van der Waals surface area (Å²) < 4.78 is 0. The predicted molar refractivity (Wildman–Crippen MR) is 68.1 cm³/mol. The molecule has 0 aromatic rings. The fourth-order valence-electron chi connectivity index (χ4n) is 2.50. The van der Waals surface area contributed by atoms with Gasteiger partial charge in [0.1, 0.15) is 0 Å². The second-order valence-electron chi connectivity index (χ2n) is 4.48. The molecule has 0 radical (unpaired) electrons. The number of amides is 3. The molecular weight excluding hydrogens is 286 g/mol. The van der Waals surface area contributed by atoms with Gasteiger partial charge in [0.05, 0.1) is 0 Å². The predicted octanol–water partition coefficient (Wildman–Crippen LogP) is 0.788. The highest BCUT2D eigenvalue weighted by Crippen LogP contribution is 2.18. The maximum Gasteiger partial charge on any atom is 0.317 e. The lowest BCUT2D eigenvalue weighted by Crippen LogP contribution is -2.47. The largest absolute Gasteiger partial charge is 0.343 e. The van der Waals surface area contributed by atoms with Crippen molar-refractivity contribution in [3.63, 3.8) is 0 Å². The van der Waals surface area contributed by atoms with Crippen LogP contribution in [0.2, 0.25) is 0 Å². The van der Waals surface area contributed by atoms with E-state index in [-0.39, 0.29) is 11.9 Å². The van der Waals surface area contributed by atoms with E-state index in [2.05, 4.69) is 21.2 Å². The van der Waals surface area contributed by atoms with Gasteiger partial charge in [0.2, 0.25) is 5.91 Å². The number of urea groups is 1. The lowest BCUT2D eigenvalue weighted by atomic mass is 10.0. The smallest absolute Gasteiger partial charge is 0.317 e. The van der Waals surface area contributed by atoms with Gasteiger partial charge in [0.15, 0.2) is 0 Å². The molecule has 0 aromatic carbocycles. The number of halogens is 1. The number of hydrogen-bond donors (Lipinski definition) is 1. The minimum absolute atomic E-state index is 0.0511. The zero-order valence-corrected chi connectivity index (χ0v) is 11.4. The van der Waals surface area contributed by atoms with Crippen molar-refractivity contribution in [2.45, 2.75) is 25.3 Å². The van der Waals surface area contributed by atoms with Crippen molar-refractivity contribution in [2.75, 3.05) is 31.5 Å². The van der Waals surface area contributed by atoms with E-state index >= 15 is 0 Å². The first kappa shape index (κ1) is 12.7. The minimum atomic E-state index is 0.0511. The fraction of sp³-hybridized carbons (Fsp3) is 0.818. The van der Waals surface area contributed by atoms with Crippen LogP contribution in [0.4, 0.5) is 4.79 Å². The number of carbonyl (C=O) groups excluding carboxylic acids is 2. The summed E-state index contributed by atoms with van der Waals surface area (Å²) >= 11 is 3.28. The summed E-state index contributed by atoms with van der Waals surface area (Å²) in [5.41, 5.74) is 0. The Morgan fingerprint density at radius 1 is 1.35 bits per heavy atom. The zero-order valence-electron chi connectivity index (χ0n) is 9.82. The standard InChI is InChI=1S/C11H18BrN3O2/c12-4-1-10(16)14-6-2-9(3-7-14)15-8-5-13-11(15)17/h9H,1-8H2,(H,13,17). The minimum Gasteiger partial charge on any atom is -0.343 e. The Labute approximate surface area is 110 Å². The highest BCUT2D eigenvalue weighted by atomic mass is 79.9. The molecule has 2 fully saturated rings. The fourth-order valence-corrected chi connectivity index (χ4v) is 2.84. The van der Waals surface area contributed by atoms with Crippen molar-refractivity contribution < 1.29 is 9.59 Å². The Morgan fingerprint density at radius 2 is 2.06 bits per heavy atom. The molecule has 0 saturated carbocycles. The molecule has 2 heterocycles. The Kier molecular flexibility index (Phi) is 4.25. The van der Waals surface area contributed by atoms with Gasteiger partial charge in [-0.05, 0) is 12.8 Å². The van der Waals surface area contributed by atoms with E-state index in [9.17, 15) is 9.59 Å². The molecule has 3 amide bonds. The van der Waals surface area contributed by atoms with Crippen LogP contribution >= 0.6 is 15.9 Å². The maximum atomic E-state index is 11.7. The molecule has 2 rings (SSSR count). The topological polar surface area (TPSA) is 52.7 Å². The number of piperidine rings is 1. The summed E-state index contributed by atoms with van der Waals surface area (Å²) in [6.45, 7) is 3.11. The molecule has 2 saturated heterocycles. The second kappa shape index (κ2) is 5.71. The lowest BCUT2D eigenvalue weighted by Gasteiger charge is -2.36. The third kappa shape index (κ3) is 2.91. The Bertz CT molecular complexity index is 303. The summed E-state index contributed by atoms with van der Waals surface area (Å²) in [4.78, 5) is 27.0. The molecule has 0 aromatic heterocycles. The van der Waals surface area contributed by atoms with Gasteiger partial charge in [-0.25, -0.2) is 4.79 Å². The number of hydrogen-bond acceptors (Lipinski definition) is 2. The van der Waals surface area contributed by atoms with Crippen LogP contribution in [0, 0.1) is 0 Å². The summed E-state index contributed by atoms with van der Waals surface area (Å²) in [6.07, 6.45) is 2.37. The van der Waals surface area contributed by atoms with Gasteiger partial charge < -0.3 is 15.1 Å². The van der Waals surface area contributed by atoms with Crippen LogP contribution in [0.5, 0.6) is 0 Å². The van der Waals surface area contributed by atoms with E-state index in [1.54, 1.807) is 0 Å². The summed E-state index contributed by atoms with van der Waals surface area (Å²) in [5, 5.41) is 3.54. The number of alkyl halides is 1. The van der Waals surface area contributed by atoms with Crippen molar-refractivity contribution >= 4 is 27.9 Å². The quantitative estimate of drug-likeness (QED) is 0.784. The maximum absolute atomic E-state index is 11.7. The lowest BCUT2D eigenvalue weighted by molar-refractivity contribution is -0.132. The molecule has 0 spiro atoms. The molecule has 0 unspecified atom stereocenters. The SMILES string of the molecule is O=C(CCBr)N1CCC(N2CCNC2=O)CC1. The van der Waals surface area contributed by atoms with Gasteiger partial charge in [0, 0.05) is 44.0 Å². The third-order valence-corrected chi connectivity index (χ3v) is 3.85. The zero-order chi connectivity index (χ0) is 12.3. The van der Waals surface area contributed by atoms with Crippen LogP contribution in [-0.2, 0) is 4.79 Å². The van der Waals surface area contributed by atoms with E-state index in [1.165, 1.54) is 0 Å². The molecule has 0 aliphatic carbocycles. The number of likely N-dealkylation sites (tertiary alicyclic amines) is 1. The van der Waals surface area contributed by atoms with Gasteiger partial charge in [-0.2, -0.15) is 0 Å². The van der Waals surface area contributed by atoms with Crippen molar-refractivity contribution in [1.29, 1.82) is 0 Å². The summed E-state index contributed by atoms with van der Waals surface area (Å²) in [6, 6.07) is 0.362. The van der Waals surface area contributed by atoms with Gasteiger partial charge in [-0.15, -0.1) is 0 Å². The molecule has 2 aliphatic heterocycles. The average molecular weight is 304 g/mol. The molecule has 96 valence electrons. The van der Waals surface area contributed by atoms with Crippen molar-refractivity contribution in [1.82, 2.24) is 15.1 Å². The molecule has 1 N–H and O–H groups in total. The first-order valence-electron chi connectivity index (χ1n) is 6.10. The first-order valence-corrected chi connectivity index (χ1v) is 7.22.